The average Bonchev–Trinajstić information content (AvgIpc) is 3.84. The fourth-order valence-corrected chi connectivity index (χ4v) is 10.1. The van der Waals surface area contributed by atoms with E-state index in [0.29, 0.717) is 11.5 Å². The fraction of sp³-hybridized carbons (Fsp3) is 0.0167. The number of hydrogen-bond donors (Lipinski definition) is 0. The molecule has 12 rings (SSSR count). The molecule has 0 bridgehead atoms. The van der Waals surface area contributed by atoms with Gasteiger partial charge in [0.05, 0.1) is 23.4 Å². The van der Waals surface area contributed by atoms with Crippen molar-refractivity contribution in [2.45, 2.75) is 5.41 Å². The lowest BCUT2D eigenvalue weighted by Crippen LogP contribution is -2.25. The second-order valence-electron chi connectivity index (χ2n) is 16.3. The molecule has 1 spiro atoms. The van der Waals surface area contributed by atoms with Crippen LogP contribution in [0.1, 0.15) is 22.3 Å². The highest BCUT2D eigenvalue weighted by molar-refractivity contribution is 5.99. The molecule has 0 saturated heterocycles. The zero-order valence-corrected chi connectivity index (χ0v) is 34.2. The number of hydrogen-bond acceptors (Lipinski definition) is 2. The Labute approximate surface area is 367 Å². The molecule has 0 N–H and O–H groups in total. The van der Waals surface area contributed by atoms with Crippen molar-refractivity contribution in [2.24, 2.45) is 0 Å². The number of nitrogens with zero attached hydrogens (tertiary/aromatic N) is 3. The Morgan fingerprint density at radius 3 is 1.29 bits per heavy atom. The van der Waals surface area contributed by atoms with Gasteiger partial charge in [-0.05, 0) is 90.0 Å². The van der Waals surface area contributed by atoms with E-state index in [9.17, 15) is 0 Å². The summed E-state index contributed by atoms with van der Waals surface area (Å²) in [5, 5.41) is 0. The van der Waals surface area contributed by atoms with E-state index < -0.39 is 5.41 Å². The summed E-state index contributed by atoms with van der Waals surface area (Å²) < 4.78 is 0. The zero-order chi connectivity index (χ0) is 41.9. The van der Waals surface area contributed by atoms with Gasteiger partial charge in [0.2, 0.25) is 0 Å². The molecule has 1 heterocycles. The lowest BCUT2D eigenvalue weighted by molar-refractivity contribution is 0.794. The van der Waals surface area contributed by atoms with Gasteiger partial charge in [-0.1, -0.05) is 212 Å². The van der Waals surface area contributed by atoms with Gasteiger partial charge in [0, 0.05) is 16.7 Å². The van der Waals surface area contributed by atoms with Crippen LogP contribution in [-0.4, -0.2) is 9.97 Å². The Hall–Kier alpha value is -8.45. The third-order valence-corrected chi connectivity index (χ3v) is 13.0. The predicted octanol–water partition coefficient (Wildman–Crippen LogP) is 15.4. The highest BCUT2D eigenvalue weighted by Gasteiger charge is 2.52. The Morgan fingerprint density at radius 1 is 0.317 bits per heavy atom. The quantitative estimate of drug-likeness (QED) is 0.157. The molecule has 63 heavy (non-hydrogen) atoms. The molecule has 0 radical (unpaired) electrons. The third kappa shape index (κ3) is 5.81. The summed E-state index contributed by atoms with van der Waals surface area (Å²) in [5.41, 5.74) is 21.3. The minimum atomic E-state index is -0.530. The molecule has 3 heteroatoms. The highest BCUT2D eigenvalue weighted by atomic mass is 14.9. The van der Waals surface area contributed by atoms with Crippen molar-refractivity contribution in [1.82, 2.24) is 9.97 Å². The fourth-order valence-electron chi connectivity index (χ4n) is 10.1. The molecule has 0 atom stereocenters. The normalized spacial score (nSPS) is 12.6. The lowest BCUT2D eigenvalue weighted by atomic mass is 9.70. The second-order valence-corrected chi connectivity index (χ2v) is 16.3. The van der Waals surface area contributed by atoms with Crippen molar-refractivity contribution < 1.29 is 0 Å². The summed E-state index contributed by atoms with van der Waals surface area (Å²) in [5.74, 6) is 0.669. The van der Waals surface area contributed by atoms with Crippen molar-refractivity contribution in [3.05, 3.63) is 258 Å². The van der Waals surface area contributed by atoms with E-state index in [-0.39, 0.29) is 0 Å². The number of fused-ring (bicyclic) bond motifs is 10. The van der Waals surface area contributed by atoms with Crippen LogP contribution < -0.4 is 0 Å². The average molecular weight is 800 g/mol. The van der Waals surface area contributed by atoms with E-state index in [0.717, 1.165) is 61.5 Å². The lowest BCUT2D eigenvalue weighted by Gasteiger charge is -2.31. The summed E-state index contributed by atoms with van der Waals surface area (Å²) in [6, 6.07) is 79.6. The zero-order valence-electron chi connectivity index (χ0n) is 34.2. The first-order valence-electron chi connectivity index (χ1n) is 21.3. The highest BCUT2D eigenvalue weighted by Crippen LogP contribution is 2.64. The van der Waals surface area contributed by atoms with Crippen molar-refractivity contribution in [3.8, 4) is 89.5 Å². The van der Waals surface area contributed by atoms with E-state index in [1.165, 1.54) is 44.5 Å². The minimum absolute atomic E-state index is 0.530. The van der Waals surface area contributed by atoms with E-state index in [1.807, 2.05) is 24.3 Å². The topological polar surface area (TPSA) is 30.1 Å². The van der Waals surface area contributed by atoms with Gasteiger partial charge in [-0.2, -0.15) is 0 Å². The molecule has 1 aromatic heterocycles. The van der Waals surface area contributed by atoms with Crippen LogP contribution in [0.25, 0.3) is 94.4 Å². The van der Waals surface area contributed by atoms with Gasteiger partial charge >= 0.3 is 0 Å². The smallest absolute Gasteiger partial charge is 0.195 e. The Kier molecular flexibility index (Phi) is 8.45. The van der Waals surface area contributed by atoms with Crippen molar-refractivity contribution >= 4 is 5.69 Å². The molecule has 0 fully saturated rings. The van der Waals surface area contributed by atoms with E-state index in [2.05, 4.69) is 205 Å². The van der Waals surface area contributed by atoms with E-state index >= 15 is 0 Å². The third-order valence-electron chi connectivity index (χ3n) is 13.0. The first-order chi connectivity index (χ1) is 31.2. The van der Waals surface area contributed by atoms with Crippen LogP contribution in [0.4, 0.5) is 5.69 Å². The summed E-state index contributed by atoms with van der Waals surface area (Å²) in [7, 11) is 0. The molecule has 3 nitrogen and oxygen atoms in total. The van der Waals surface area contributed by atoms with Crippen LogP contribution in [0, 0.1) is 6.57 Å². The molecule has 10 aromatic rings. The summed E-state index contributed by atoms with van der Waals surface area (Å²) in [6.07, 6.45) is 0. The van der Waals surface area contributed by atoms with Crippen LogP contribution in [0.3, 0.4) is 0 Å². The minimum Gasteiger partial charge on any atom is -0.238 e. The molecule has 0 unspecified atom stereocenters. The van der Waals surface area contributed by atoms with Crippen LogP contribution in [-0.2, 0) is 5.41 Å². The first-order valence-corrected chi connectivity index (χ1v) is 21.3. The van der Waals surface area contributed by atoms with E-state index in [1.54, 1.807) is 0 Å². The van der Waals surface area contributed by atoms with Gasteiger partial charge in [-0.25, -0.2) is 14.8 Å². The van der Waals surface area contributed by atoms with Gasteiger partial charge in [0.15, 0.2) is 11.5 Å². The van der Waals surface area contributed by atoms with Gasteiger partial charge in [-0.15, -0.1) is 0 Å². The maximum absolute atomic E-state index is 8.19. The monoisotopic (exact) mass is 799 g/mol. The Morgan fingerprint density at radius 2 is 0.746 bits per heavy atom. The number of aromatic nitrogens is 2. The van der Waals surface area contributed by atoms with Gasteiger partial charge in [-0.3, -0.25) is 0 Å². The molecule has 2 aliphatic carbocycles. The molecule has 0 amide bonds. The van der Waals surface area contributed by atoms with Crippen LogP contribution in [0.2, 0.25) is 0 Å². The molecule has 0 saturated carbocycles. The molecular weight excluding hydrogens is 763 g/mol. The Bertz CT molecular complexity index is 3270. The van der Waals surface area contributed by atoms with Crippen LogP contribution in [0.15, 0.2) is 224 Å². The van der Waals surface area contributed by atoms with E-state index in [4.69, 9.17) is 16.5 Å². The summed E-state index contributed by atoms with van der Waals surface area (Å²) in [6.45, 7) is 8.19. The van der Waals surface area contributed by atoms with Crippen LogP contribution in [0.5, 0.6) is 0 Å². The second kappa shape index (κ2) is 14.6. The van der Waals surface area contributed by atoms with Crippen molar-refractivity contribution in [2.75, 3.05) is 0 Å². The predicted molar refractivity (Wildman–Crippen MR) is 257 cm³/mol. The largest absolute Gasteiger partial charge is 0.238 e. The maximum Gasteiger partial charge on any atom is 0.195 e. The molecular formula is C60H37N3. The Balaban J connectivity index is 0.958. The van der Waals surface area contributed by atoms with Gasteiger partial charge in [0.25, 0.3) is 0 Å². The van der Waals surface area contributed by atoms with Gasteiger partial charge < -0.3 is 0 Å². The summed E-state index contributed by atoms with van der Waals surface area (Å²) >= 11 is 0. The van der Waals surface area contributed by atoms with Crippen molar-refractivity contribution in [3.63, 3.8) is 0 Å². The SMILES string of the molecule is [C-]#[N+]c1cccc2c1-c1ccc(-c3ccc(-c4nc(-c5ccc(-c6ccccc6)cc5)cc(-c5ccc(-c6ccccc6)cc5)n4)cc3)cc1C21c2ccccc2-c2ccccc21. The summed E-state index contributed by atoms with van der Waals surface area (Å²) in [4.78, 5) is 14.5. The van der Waals surface area contributed by atoms with Gasteiger partial charge in [0.1, 0.15) is 0 Å². The number of rotatable bonds is 6. The number of benzene rings is 9. The van der Waals surface area contributed by atoms with Crippen LogP contribution >= 0.6 is 0 Å². The molecule has 292 valence electrons. The van der Waals surface area contributed by atoms with Crippen molar-refractivity contribution in [1.29, 1.82) is 0 Å². The molecule has 0 aliphatic heterocycles. The maximum atomic E-state index is 8.19. The molecule has 2 aliphatic rings. The first kappa shape index (κ1) is 36.4. The standard InChI is InChI=1S/C60H37N3/c1-61-55-22-12-21-53-58(55)50-36-35-47(37-54(50)60(53)51-19-10-8-17-48(51)49-18-9-11-20-52(49)60)43-27-33-46(34-28-43)59-62-56(44-29-23-41(24-30-44)39-13-4-2-5-14-39)38-57(63-59)45-31-25-42(26-32-45)40-15-6-3-7-16-40/h2-38H. The molecule has 9 aromatic carbocycles.